The number of halogens is 1. The fourth-order valence-corrected chi connectivity index (χ4v) is 3.53. The summed E-state index contributed by atoms with van der Waals surface area (Å²) in [6.45, 7) is 3.93. The molecule has 0 spiro atoms. The lowest BCUT2D eigenvalue weighted by Crippen LogP contribution is -2.34. The molecule has 1 aliphatic rings. The first kappa shape index (κ1) is 12.8. The first-order valence-electron chi connectivity index (χ1n) is 6.62. The topological polar surface area (TPSA) is 24.9 Å². The Kier molecular flexibility index (Phi) is 3.62. The molecule has 1 saturated heterocycles. The number of thiazole rings is 1. The average molecular weight is 276 g/mol. The van der Waals surface area contributed by atoms with Gasteiger partial charge in [-0.25, -0.2) is 9.37 Å². The Hall–Kier alpha value is -1.26. The number of aryl methyl sites for hydroxylation is 1. The van der Waals surface area contributed by atoms with E-state index in [1.54, 1.807) is 23.5 Å². The van der Waals surface area contributed by atoms with Crippen LogP contribution >= 0.6 is 11.3 Å². The van der Waals surface area contributed by atoms with Gasteiger partial charge in [-0.2, -0.15) is 0 Å². The summed E-state index contributed by atoms with van der Waals surface area (Å²) in [7, 11) is 0. The Morgan fingerprint density at radius 2 is 2.26 bits per heavy atom. The molecule has 19 heavy (non-hydrogen) atoms. The van der Waals surface area contributed by atoms with E-state index in [1.807, 2.05) is 13.0 Å². The quantitative estimate of drug-likeness (QED) is 0.908. The molecule has 2 atom stereocenters. The molecule has 100 valence electrons. The van der Waals surface area contributed by atoms with Gasteiger partial charge in [0.1, 0.15) is 5.82 Å². The Labute approximate surface area is 116 Å². The number of hydrogen-bond donors (Lipinski definition) is 1. The van der Waals surface area contributed by atoms with Gasteiger partial charge in [-0.3, -0.25) is 0 Å². The van der Waals surface area contributed by atoms with Gasteiger partial charge < -0.3 is 5.32 Å². The van der Waals surface area contributed by atoms with Gasteiger partial charge in [0.2, 0.25) is 0 Å². The SMILES string of the molecule is Cc1nc(C2CCNCC2c2cccc(F)c2)cs1. The lowest BCUT2D eigenvalue weighted by Gasteiger charge is -2.31. The van der Waals surface area contributed by atoms with Gasteiger partial charge in [0.25, 0.3) is 0 Å². The predicted octanol–water partition coefficient (Wildman–Crippen LogP) is 3.45. The minimum absolute atomic E-state index is 0.156. The highest BCUT2D eigenvalue weighted by molar-refractivity contribution is 7.09. The number of piperidine rings is 1. The maximum Gasteiger partial charge on any atom is 0.123 e. The van der Waals surface area contributed by atoms with Crippen LogP contribution < -0.4 is 5.32 Å². The van der Waals surface area contributed by atoms with Crippen LogP contribution in [0, 0.1) is 12.7 Å². The van der Waals surface area contributed by atoms with E-state index in [0.717, 1.165) is 30.1 Å². The molecule has 0 saturated carbocycles. The largest absolute Gasteiger partial charge is 0.316 e. The van der Waals surface area contributed by atoms with Gasteiger partial charge >= 0.3 is 0 Å². The van der Waals surface area contributed by atoms with Crippen LogP contribution in [0.5, 0.6) is 0 Å². The highest BCUT2D eigenvalue weighted by Crippen LogP contribution is 2.37. The average Bonchev–Trinajstić information content (AvgIpc) is 2.85. The Balaban J connectivity index is 1.93. The van der Waals surface area contributed by atoms with Crippen molar-refractivity contribution in [3.05, 3.63) is 51.7 Å². The monoisotopic (exact) mass is 276 g/mol. The van der Waals surface area contributed by atoms with E-state index in [9.17, 15) is 4.39 Å². The van der Waals surface area contributed by atoms with Crippen molar-refractivity contribution in [3.63, 3.8) is 0 Å². The highest BCUT2D eigenvalue weighted by atomic mass is 32.1. The number of benzene rings is 1. The Morgan fingerprint density at radius 3 is 3.00 bits per heavy atom. The molecular formula is C15H17FN2S. The smallest absolute Gasteiger partial charge is 0.123 e. The summed E-state index contributed by atoms with van der Waals surface area (Å²) in [4.78, 5) is 4.63. The van der Waals surface area contributed by atoms with E-state index in [-0.39, 0.29) is 5.82 Å². The molecule has 1 aromatic heterocycles. The third-order valence-corrected chi connectivity index (χ3v) is 4.57. The normalized spacial score (nSPS) is 23.5. The van der Waals surface area contributed by atoms with E-state index in [1.165, 1.54) is 11.8 Å². The zero-order chi connectivity index (χ0) is 13.2. The summed E-state index contributed by atoms with van der Waals surface area (Å²) < 4.78 is 13.4. The second-order valence-electron chi connectivity index (χ2n) is 5.05. The summed E-state index contributed by atoms with van der Waals surface area (Å²) in [5.41, 5.74) is 2.24. The van der Waals surface area contributed by atoms with E-state index >= 15 is 0 Å². The number of nitrogens with one attached hydrogen (secondary N) is 1. The minimum Gasteiger partial charge on any atom is -0.316 e. The molecule has 2 unspecified atom stereocenters. The molecule has 1 aliphatic heterocycles. The van der Waals surface area contributed by atoms with Crippen LogP contribution in [0.25, 0.3) is 0 Å². The fourth-order valence-electron chi connectivity index (χ4n) is 2.85. The lowest BCUT2D eigenvalue weighted by atomic mass is 9.80. The molecule has 2 heterocycles. The van der Waals surface area contributed by atoms with Crippen LogP contribution in [0.15, 0.2) is 29.6 Å². The van der Waals surface area contributed by atoms with Gasteiger partial charge in [0.15, 0.2) is 0 Å². The second-order valence-corrected chi connectivity index (χ2v) is 6.11. The Bertz CT molecular complexity index is 567. The van der Waals surface area contributed by atoms with E-state index in [0.29, 0.717) is 11.8 Å². The third kappa shape index (κ3) is 2.69. The second kappa shape index (κ2) is 5.39. The number of nitrogens with zero attached hydrogens (tertiary/aromatic N) is 1. The summed E-state index contributed by atoms with van der Waals surface area (Å²) >= 11 is 1.69. The number of rotatable bonds is 2. The van der Waals surface area contributed by atoms with Crippen LogP contribution in [0.2, 0.25) is 0 Å². The molecule has 0 bridgehead atoms. The molecule has 4 heteroatoms. The number of hydrogen-bond acceptors (Lipinski definition) is 3. The maximum absolute atomic E-state index is 13.4. The molecule has 2 aromatic rings. The van der Waals surface area contributed by atoms with Crippen molar-refractivity contribution >= 4 is 11.3 Å². The van der Waals surface area contributed by atoms with Crippen LogP contribution in [-0.2, 0) is 0 Å². The van der Waals surface area contributed by atoms with Crippen molar-refractivity contribution in [2.75, 3.05) is 13.1 Å². The van der Waals surface area contributed by atoms with Crippen molar-refractivity contribution in [1.29, 1.82) is 0 Å². The highest BCUT2D eigenvalue weighted by Gasteiger charge is 2.29. The van der Waals surface area contributed by atoms with Gasteiger partial charge in [-0.15, -0.1) is 11.3 Å². The molecule has 1 N–H and O–H groups in total. The maximum atomic E-state index is 13.4. The molecule has 0 amide bonds. The van der Waals surface area contributed by atoms with Crippen LogP contribution in [0.1, 0.15) is 34.5 Å². The Morgan fingerprint density at radius 1 is 1.37 bits per heavy atom. The van der Waals surface area contributed by atoms with E-state index in [4.69, 9.17) is 0 Å². The predicted molar refractivity (Wildman–Crippen MR) is 76.2 cm³/mol. The minimum atomic E-state index is -0.156. The number of aromatic nitrogens is 1. The summed E-state index contributed by atoms with van der Waals surface area (Å²) in [5.74, 6) is 0.551. The third-order valence-electron chi connectivity index (χ3n) is 3.78. The zero-order valence-corrected chi connectivity index (χ0v) is 11.7. The summed E-state index contributed by atoms with van der Waals surface area (Å²) in [6, 6.07) is 6.97. The molecule has 2 nitrogen and oxygen atoms in total. The van der Waals surface area contributed by atoms with Gasteiger partial charge in [0, 0.05) is 23.8 Å². The van der Waals surface area contributed by atoms with Crippen LogP contribution in [0.4, 0.5) is 4.39 Å². The lowest BCUT2D eigenvalue weighted by molar-refractivity contribution is 0.398. The van der Waals surface area contributed by atoms with E-state index in [2.05, 4.69) is 15.7 Å². The van der Waals surface area contributed by atoms with Gasteiger partial charge in [0.05, 0.1) is 10.7 Å². The van der Waals surface area contributed by atoms with Crippen molar-refractivity contribution in [2.45, 2.75) is 25.2 Å². The molecule has 1 aromatic carbocycles. The molecule has 1 fully saturated rings. The first-order chi connectivity index (χ1) is 9.24. The summed E-state index contributed by atoms with van der Waals surface area (Å²) in [6.07, 6.45) is 1.06. The van der Waals surface area contributed by atoms with Crippen molar-refractivity contribution < 1.29 is 4.39 Å². The molecule has 3 rings (SSSR count). The van der Waals surface area contributed by atoms with Gasteiger partial charge in [-0.05, 0) is 37.6 Å². The van der Waals surface area contributed by atoms with Crippen molar-refractivity contribution in [1.82, 2.24) is 10.3 Å². The van der Waals surface area contributed by atoms with E-state index < -0.39 is 0 Å². The summed E-state index contributed by atoms with van der Waals surface area (Å²) in [5, 5.41) is 6.67. The van der Waals surface area contributed by atoms with Gasteiger partial charge in [-0.1, -0.05) is 12.1 Å². The molecular weight excluding hydrogens is 259 g/mol. The fraction of sp³-hybridized carbons (Fsp3) is 0.400. The standard InChI is InChI=1S/C15H17FN2S/c1-10-18-15(9-19-10)13-5-6-17-8-14(13)11-3-2-4-12(16)7-11/h2-4,7,9,13-14,17H,5-6,8H2,1H3. The van der Waals surface area contributed by atoms with Crippen LogP contribution in [0.3, 0.4) is 0 Å². The van der Waals surface area contributed by atoms with Crippen LogP contribution in [-0.4, -0.2) is 18.1 Å². The molecule has 0 aliphatic carbocycles. The zero-order valence-electron chi connectivity index (χ0n) is 10.9. The van der Waals surface area contributed by atoms with Crippen molar-refractivity contribution in [2.24, 2.45) is 0 Å². The first-order valence-corrected chi connectivity index (χ1v) is 7.50. The molecule has 0 radical (unpaired) electrons. The van der Waals surface area contributed by atoms with Crippen molar-refractivity contribution in [3.8, 4) is 0 Å².